The normalized spacial score (nSPS) is 16.1. The van der Waals surface area contributed by atoms with E-state index in [4.69, 9.17) is 21.1 Å². The molecule has 0 spiro atoms. The van der Waals surface area contributed by atoms with Crippen molar-refractivity contribution in [3.8, 4) is 11.6 Å². The Morgan fingerprint density at radius 1 is 1.39 bits per heavy atom. The number of carbonyl (C=O) groups is 1. The average Bonchev–Trinajstić information content (AvgIpc) is 3.42. The van der Waals surface area contributed by atoms with E-state index in [1.807, 2.05) is 0 Å². The fourth-order valence-corrected chi connectivity index (χ4v) is 3.02. The lowest BCUT2D eigenvalue weighted by Crippen LogP contribution is -2.19. The molecule has 0 saturated carbocycles. The standard InChI is InChI=1S/C19H18ClN5O3/c20-13-4-5-17(28-12-14-3-1-8-27-14)15(9-13)24-19(26)16-10-21-11-18(23-16)25-7-2-6-22-25/h2,4-7,9-11,14H,1,3,8,12H2,(H,24,26). The van der Waals surface area contributed by atoms with E-state index in [0.29, 0.717) is 28.9 Å². The Balaban J connectivity index is 1.51. The third-order valence-corrected chi connectivity index (χ3v) is 4.47. The molecule has 3 heterocycles. The van der Waals surface area contributed by atoms with E-state index in [1.54, 1.807) is 36.7 Å². The van der Waals surface area contributed by atoms with Gasteiger partial charge in [-0.25, -0.2) is 9.67 Å². The van der Waals surface area contributed by atoms with Gasteiger partial charge in [0.15, 0.2) is 5.82 Å². The lowest BCUT2D eigenvalue weighted by Gasteiger charge is -2.15. The highest BCUT2D eigenvalue weighted by molar-refractivity contribution is 6.31. The van der Waals surface area contributed by atoms with Gasteiger partial charge in [-0.1, -0.05) is 11.6 Å². The summed E-state index contributed by atoms with van der Waals surface area (Å²) in [5, 5.41) is 7.37. The number of hydrogen-bond donors (Lipinski definition) is 1. The minimum Gasteiger partial charge on any atom is -0.489 e. The van der Waals surface area contributed by atoms with Crippen molar-refractivity contribution in [3.63, 3.8) is 0 Å². The Bertz CT molecular complexity index is 958. The van der Waals surface area contributed by atoms with E-state index in [0.717, 1.165) is 19.4 Å². The third-order valence-electron chi connectivity index (χ3n) is 4.23. The van der Waals surface area contributed by atoms with Crippen LogP contribution in [0.25, 0.3) is 5.82 Å². The maximum Gasteiger partial charge on any atom is 0.276 e. The van der Waals surface area contributed by atoms with Crippen LogP contribution >= 0.6 is 11.6 Å². The molecule has 3 aromatic rings. The summed E-state index contributed by atoms with van der Waals surface area (Å²) in [6.45, 7) is 1.17. The molecular formula is C19H18ClN5O3. The Labute approximate surface area is 166 Å². The van der Waals surface area contributed by atoms with Crippen molar-refractivity contribution in [3.05, 3.63) is 59.8 Å². The fraction of sp³-hybridized carbons (Fsp3) is 0.263. The molecule has 1 aliphatic heterocycles. The molecule has 1 fully saturated rings. The number of aromatic nitrogens is 4. The van der Waals surface area contributed by atoms with Crippen LogP contribution in [0.4, 0.5) is 5.69 Å². The quantitative estimate of drug-likeness (QED) is 0.684. The van der Waals surface area contributed by atoms with Gasteiger partial charge in [0, 0.05) is 24.0 Å². The molecule has 0 radical (unpaired) electrons. The first-order chi connectivity index (χ1) is 13.7. The molecule has 1 amide bonds. The number of anilines is 1. The van der Waals surface area contributed by atoms with Crippen LogP contribution in [-0.4, -0.2) is 45.0 Å². The van der Waals surface area contributed by atoms with Crippen LogP contribution in [0.15, 0.2) is 49.1 Å². The number of benzene rings is 1. The monoisotopic (exact) mass is 399 g/mol. The van der Waals surface area contributed by atoms with Crippen LogP contribution < -0.4 is 10.1 Å². The lowest BCUT2D eigenvalue weighted by molar-refractivity contribution is 0.0682. The summed E-state index contributed by atoms with van der Waals surface area (Å²) in [5.74, 6) is 0.536. The summed E-state index contributed by atoms with van der Waals surface area (Å²) in [5.41, 5.74) is 0.611. The Hall–Kier alpha value is -2.97. The van der Waals surface area contributed by atoms with Gasteiger partial charge in [0.05, 0.1) is 24.2 Å². The Kier molecular flexibility index (Phi) is 5.50. The van der Waals surface area contributed by atoms with Crippen molar-refractivity contribution in [1.82, 2.24) is 19.7 Å². The van der Waals surface area contributed by atoms with Gasteiger partial charge in [0.1, 0.15) is 18.1 Å². The smallest absolute Gasteiger partial charge is 0.276 e. The molecule has 144 valence electrons. The molecule has 8 nitrogen and oxygen atoms in total. The summed E-state index contributed by atoms with van der Waals surface area (Å²) in [6.07, 6.45) is 8.32. The van der Waals surface area contributed by atoms with E-state index < -0.39 is 5.91 Å². The summed E-state index contributed by atoms with van der Waals surface area (Å²) in [6, 6.07) is 6.83. The van der Waals surface area contributed by atoms with Gasteiger partial charge in [-0.05, 0) is 37.1 Å². The molecule has 9 heteroatoms. The van der Waals surface area contributed by atoms with Crippen LogP contribution in [0, 0.1) is 0 Å². The van der Waals surface area contributed by atoms with Crippen LogP contribution in [-0.2, 0) is 4.74 Å². The predicted molar refractivity (Wildman–Crippen MR) is 103 cm³/mol. The van der Waals surface area contributed by atoms with Gasteiger partial charge in [-0.15, -0.1) is 0 Å². The second-order valence-corrected chi connectivity index (χ2v) is 6.69. The summed E-state index contributed by atoms with van der Waals surface area (Å²) < 4.78 is 12.9. The number of rotatable bonds is 6. The fourth-order valence-electron chi connectivity index (χ4n) is 2.85. The topological polar surface area (TPSA) is 91.2 Å². The third kappa shape index (κ3) is 4.29. The first-order valence-electron chi connectivity index (χ1n) is 8.86. The second kappa shape index (κ2) is 8.37. The number of nitrogens with one attached hydrogen (secondary N) is 1. The first kappa shape index (κ1) is 18.4. The molecule has 1 aliphatic rings. The van der Waals surface area contributed by atoms with Gasteiger partial charge in [-0.3, -0.25) is 9.78 Å². The minimum atomic E-state index is -0.425. The van der Waals surface area contributed by atoms with E-state index in [9.17, 15) is 4.79 Å². The average molecular weight is 400 g/mol. The van der Waals surface area contributed by atoms with Gasteiger partial charge in [0.2, 0.25) is 0 Å². The SMILES string of the molecule is O=C(Nc1cc(Cl)ccc1OCC1CCCO1)c1cncc(-n2cccn2)n1. The summed E-state index contributed by atoms with van der Waals surface area (Å²) in [7, 11) is 0. The molecule has 28 heavy (non-hydrogen) atoms. The van der Waals surface area contributed by atoms with Crippen LogP contribution in [0.3, 0.4) is 0 Å². The van der Waals surface area contributed by atoms with Gasteiger partial charge in [0.25, 0.3) is 5.91 Å². The highest BCUT2D eigenvalue weighted by Crippen LogP contribution is 2.29. The molecule has 1 aromatic carbocycles. The highest BCUT2D eigenvalue weighted by Gasteiger charge is 2.18. The van der Waals surface area contributed by atoms with Crippen molar-refractivity contribution in [2.75, 3.05) is 18.5 Å². The zero-order valence-electron chi connectivity index (χ0n) is 14.9. The van der Waals surface area contributed by atoms with E-state index >= 15 is 0 Å². The lowest BCUT2D eigenvalue weighted by atomic mass is 10.2. The van der Waals surface area contributed by atoms with E-state index in [1.165, 1.54) is 17.1 Å². The number of ether oxygens (including phenoxy) is 2. The maximum atomic E-state index is 12.7. The van der Waals surface area contributed by atoms with Crippen molar-refractivity contribution in [1.29, 1.82) is 0 Å². The zero-order valence-corrected chi connectivity index (χ0v) is 15.7. The van der Waals surface area contributed by atoms with Crippen molar-refractivity contribution >= 4 is 23.2 Å². The molecular weight excluding hydrogens is 382 g/mol. The number of halogens is 1. The largest absolute Gasteiger partial charge is 0.489 e. The van der Waals surface area contributed by atoms with Gasteiger partial charge >= 0.3 is 0 Å². The second-order valence-electron chi connectivity index (χ2n) is 6.25. The molecule has 4 rings (SSSR count). The number of carbonyl (C=O) groups excluding carboxylic acids is 1. The predicted octanol–water partition coefficient (Wildman–Crippen LogP) is 3.13. The summed E-state index contributed by atoms with van der Waals surface area (Å²) >= 11 is 6.10. The molecule has 1 unspecified atom stereocenters. The van der Waals surface area contributed by atoms with Crippen LogP contribution in [0.1, 0.15) is 23.3 Å². The maximum absolute atomic E-state index is 12.7. The number of amides is 1. The summed E-state index contributed by atoms with van der Waals surface area (Å²) in [4.78, 5) is 21.1. The van der Waals surface area contributed by atoms with E-state index in [2.05, 4.69) is 20.4 Å². The van der Waals surface area contributed by atoms with Gasteiger partial charge in [-0.2, -0.15) is 5.10 Å². The molecule has 1 N–H and O–H groups in total. The number of nitrogens with zero attached hydrogens (tertiary/aromatic N) is 4. The van der Waals surface area contributed by atoms with Crippen molar-refractivity contribution in [2.24, 2.45) is 0 Å². The van der Waals surface area contributed by atoms with Gasteiger partial charge < -0.3 is 14.8 Å². The molecule has 0 aliphatic carbocycles. The highest BCUT2D eigenvalue weighted by atomic mass is 35.5. The van der Waals surface area contributed by atoms with E-state index in [-0.39, 0.29) is 11.8 Å². The van der Waals surface area contributed by atoms with Crippen molar-refractivity contribution in [2.45, 2.75) is 18.9 Å². The number of hydrogen-bond acceptors (Lipinski definition) is 6. The zero-order chi connectivity index (χ0) is 19.3. The van der Waals surface area contributed by atoms with Crippen LogP contribution in [0.5, 0.6) is 5.75 Å². The first-order valence-corrected chi connectivity index (χ1v) is 9.24. The molecule has 1 atom stereocenters. The van der Waals surface area contributed by atoms with Crippen LogP contribution in [0.2, 0.25) is 5.02 Å². The Morgan fingerprint density at radius 3 is 3.11 bits per heavy atom. The molecule has 2 aromatic heterocycles. The Morgan fingerprint density at radius 2 is 2.32 bits per heavy atom. The molecule has 0 bridgehead atoms. The minimum absolute atomic E-state index is 0.0656. The molecule has 1 saturated heterocycles. The van der Waals surface area contributed by atoms with Crippen molar-refractivity contribution < 1.29 is 14.3 Å².